The molecule has 2 heterocycles. The Morgan fingerprint density at radius 3 is 2.10 bits per heavy atom. The molecule has 0 bridgehead atoms. The van der Waals surface area contributed by atoms with E-state index in [-0.39, 0.29) is 5.82 Å². The van der Waals surface area contributed by atoms with Crippen LogP contribution in [0.15, 0.2) is 53.3 Å². The van der Waals surface area contributed by atoms with E-state index in [1.54, 1.807) is 12.1 Å². The second-order valence-electron chi connectivity index (χ2n) is 4.78. The van der Waals surface area contributed by atoms with Crippen molar-refractivity contribution in [1.29, 1.82) is 0 Å². The minimum Gasteiger partial charge on any atom is -0.361 e. The van der Waals surface area contributed by atoms with E-state index in [0.717, 1.165) is 37.4 Å². The molecule has 98 valence electrons. The molecule has 0 aliphatic rings. The highest BCUT2D eigenvalue weighted by molar-refractivity contribution is 9.10. The molecular weight excluding hydrogens is 319 g/mol. The number of fused-ring (bicyclic) bond motifs is 2. The highest BCUT2D eigenvalue weighted by Gasteiger charge is 2.11. The molecule has 0 aliphatic heterocycles. The Bertz CT molecular complexity index is 858. The average Bonchev–Trinajstić information content (AvgIpc) is 3.01. The third-order valence-electron chi connectivity index (χ3n) is 3.58. The quantitative estimate of drug-likeness (QED) is 0.480. The Morgan fingerprint density at radius 1 is 0.800 bits per heavy atom. The van der Waals surface area contributed by atoms with Crippen molar-refractivity contribution in [2.75, 3.05) is 0 Å². The highest BCUT2D eigenvalue weighted by atomic mass is 79.9. The summed E-state index contributed by atoms with van der Waals surface area (Å²) in [5, 5.41) is 2.01. The summed E-state index contributed by atoms with van der Waals surface area (Å²) < 4.78 is 14.5. The fourth-order valence-corrected chi connectivity index (χ4v) is 2.99. The van der Waals surface area contributed by atoms with Crippen LogP contribution < -0.4 is 0 Å². The van der Waals surface area contributed by atoms with Gasteiger partial charge in [0.25, 0.3) is 0 Å². The molecule has 4 rings (SSSR count). The molecule has 4 aromatic rings. The molecular formula is C16H10BrFN2. The van der Waals surface area contributed by atoms with Crippen LogP contribution >= 0.6 is 15.9 Å². The van der Waals surface area contributed by atoms with Crippen LogP contribution in [0, 0.1) is 5.82 Å². The summed E-state index contributed by atoms with van der Waals surface area (Å²) >= 11 is 3.49. The topological polar surface area (TPSA) is 31.6 Å². The number of halogens is 2. The predicted octanol–water partition coefficient (Wildman–Crippen LogP) is 5.22. The molecule has 20 heavy (non-hydrogen) atoms. The Balaban J connectivity index is 2.06. The maximum atomic E-state index is 13.5. The summed E-state index contributed by atoms with van der Waals surface area (Å²) in [5.74, 6) is -0.223. The van der Waals surface area contributed by atoms with Gasteiger partial charge < -0.3 is 9.97 Å². The van der Waals surface area contributed by atoms with Gasteiger partial charge in [-0.25, -0.2) is 4.39 Å². The first-order valence-corrected chi connectivity index (χ1v) is 7.05. The molecule has 0 unspecified atom stereocenters. The van der Waals surface area contributed by atoms with Gasteiger partial charge in [0.05, 0.1) is 0 Å². The van der Waals surface area contributed by atoms with Gasteiger partial charge in [-0.3, -0.25) is 0 Å². The summed E-state index contributed by atoms with van der Waals surface area (Å²) in [6.07, 6.45) is 3.89. The standard InChI is InChI=1S/C16H10BrFN2/c17-9-1-3-15-11(5-9)13(7-19-15)14-8-20-16-4-2-10(18)6-12(14)16/h1-8,19-20H. The van der Waals surface area contributed by atoms with Gasteiger partial charge in [0.15, 0.2) is 0 Å². The number of rotatable bonds is 1. The van der Waals surface area contributed by atoms with Crippen molar-refractivity contribution in [2.24, 2.45) is 0 Å². The molecule has 0 aliphatic carbocycles. The van der Waals surface area contributed by atoms with E-state index in [2.05, 4.69) is 32.0 Å². The van der Waals surface area contributed by atoms with E-state index in [0.29, 0.717) is 0 Å². The minimum atomic E-state index is -0.223. The fourth-order valence-electron chi connectivity index (χ4n) is 2.63. The van der Waals surface area contributed by atoms with Gasteiger partial charge in [-0.2, -0.15) is 0 Å². The third kappa shape index (κ3) is 1.68. The summed E-state index contributed by atoms with van der Waals surface area (Å²) in [4.78, 5) is 6.45. The molecule has 0 amide bonds. The van der Waals surface area contributed by atoms with Gasteiger partial charge in [0, 0.05) is 49.8 Å². The van der Waals surface area contributed by atoms with Gasteiger partial charge >= 0.3 is 0 Å². The van der Waals surface area contributed by atoms with Crippen LogP contribution in [0.3, 0.4) is 0 Å². The molecule has 2 aromatic carbocycles. The average molecular weight is 329 g/mol. The summed E-state index contributed by atoms with van der Waals surface area (Å²) in [7, 11) is 0. The molecule has 4 heteroatoms. The number of nitrogens with one attached hydrogen (secondary N) is 2. The minimum absolute atomic E-state index is 0.223. The van der Waals surface area contributed by atoms with Crippen LogP contribution in [0.1, 0.15) is 0 Å². The fraction of sp³-hybridized carbons (Fsp3) is 0. The Hall–Kier alpha value is -2.07. The maximum Gasteiger partial charge on any atom is 0.123 e. The van der Waals surface area contributed by atoms with Crippen molar-refractivity contribution in [2.45, 2.75) is 0 Å². The zero-order valence-corrected chi connectivity index (χ0v) is 12.0. The van der Waals surface area contributed by atoms with E-state index in [4.69, 9.17) is 0 Å². The molecule has 0 atom stereocenters. The number of aromatic amines is 2. The molecule has 0 saturated heterocycles. The number of H-pyrrole nitrogens is 2. The number of hydrogen-bond donors (Lipinski definition) is 2. The lowest BCUT2D eigenvalue weighted by molar-refractivity contribution is 0.630. The van der Waals surface area contributed by atoms with Crippen molar-refractivity contribution in [3.8, 4) is 11.1 Å². The molecule has 2 aromatic heterocycles. The summed E-state index contributed by atoms with van der Waals surface area (Å²) in [6.45, 7) is 0. The first kappa shape index (κ1) is 11.7. The van der Waals surface area contributed by atoms with E-state index in [9.17, 15) is 4.39 Å². The molecule has 0 fully saturated rings. The molecule has 2 nitrogen and oxygen atoms in total. The number of hydrogen-bond acceptors (Lipinski definition) is 0. The lowest BCUT2D eigenvalue weighted by Gasteiger charge is -1.99. The SMILES string of the molecule is Fc1ccc2[nH]cc(-c3c[nH]c4ccc(Br)cc34)c2c1. The molecule has 0 saturated carbocycles. The van der Waals surface area contributed by atoms with Crippen molar-refractivity contribution >= 4 is 37.7 Å². The van der Waals surface area contributed by atoms with Gasteiger partial charge in [0.2, 0.25) is 0 Å². The Morgan fingerprint density at radius 2 is 1.40 bits per heavy atom. The normalized spacial score (nSPS) is 11.5. The summed E-state index contributed by atoms with van der Waals surface area (Å²) in [6, 6.07) is 10.9. The van der Waals surface area contributed by atoms with Crippen LogP contribution in [0.4, 0.5) is 4.39 Å². The number of benzene rings is 2. The molecule has 2 N–H and O–H groups in total. The van der Waals surface area contributed by atoms with Gasteiger partial charge in [-0.1, -0.05) is 15.9 Å². The first-order chi connectivity index (χ1) is 9.72. The zero-order chi connectivity index (χ0) is 13.7. The van der Waals surface area contributed by atoms with Crippen LogP contribution in [-0.4, -0.2) is 9.97 Å². The third-order valence-corrected chi connectivity index (χ3v) is 4.07. The van der Waals surface area contributed by atoms with Crippen molar-refractivity contribution in [1.82, 2.24) is 9.97 Å². The van der Waals surface area contributed by atoms with Crippen LogP contribution in [-0.2, 0) is 0 Å². The van der Waals surface area contributed by atoms with E-state index in [1.165, 1.54) is 6.07 Å². The monoisotopic (exact) mass is 328 g/mol. The molecule has 0 radical (unpaired) electrons. The smallest absolute Gasteiger partial charge is 0.123 e. The van der Waals surface area contributed by atoms with Crippen molar-refractivity contribution in [3.05, 3.63) is 59.1 Å². The van der Waals surface area contributed by atoms with E-state index in [1.807, 2.05) is 24.5 Å². The van der Waals surface area contributed by atoms with E-state index >= 15 is 0 Å². The summed E-state index contributed by atoms with van der Waals surface area (Å²) in [5.41, 5.74) is 4.07. The predicted molar refractivity (Wildman–Crippen MR) is 83.2 cm³/mol. The lowest BCUT2D eigenvalue weighted by Crippen LogP contribution is -1.76. The van der Waals surface area contributed by atoms with Gasteiger partial charge in [-0.05, 0) is 36.4 Å². The van der Waals surface area contributed by atoms with Gasteiger partial charge in [0.1, 0.15) is 5.82 Å². The van der Waals surface area contributed by atoms with Crippen LogP contribution in [0.2, 0.25) is 0 Å². The van der Waals surface area contributed by atoms with Crippen molar-refractivity contribution < 1.29 is 4.39 Å². The second kappa shape index (κ2) is 4.21. The number of aromatic nitrogens is 2. The zero-order valence-electron chi connectivity index (χ0n) is 10.4. The molecule has 0 spiro atoms. The first-order valence-electron chi connectivity index (χ1n) is 6.26. The largest absolute Gasteiger partial charge is 0.361 e. The highest BCUT2D eigenvalue weighted by Crippen LogP contribution is 2.35. The lowest BCUT2D eigenvalue weighted by atomic mass is 10.0. The second-order valence-corrected chi connectivity index (χ2v) is 5.70. The van der Waals surface area contributed by atoms with Gasteiger partial charge in [-0.15, -0.1) is 0 Å². The van der Waals surface area contributed by atoms with Crippen molar-refractivity contribution in [3.63, 3.8) is 0 Å². The van der Waals surface area contributed by atoms with E-state index < -0.39 is 0 Å². The van der Waals surface area contributed by atoms with Crippen LogP contribution in [0.25, 0.3) is 32.9 Å². The Labute approximate surface area is 122 Å². The maximum absolute atomic E-state index is 13.5. The van der Waals surface area contributed by atoms with Crippen LogP contribution in [0.5, 0.6) is 0 Å². The Kier molecular flexibility index (Phi) is 2.47.